The van der Waals surface area contributed by atoms with Gasteiger partial charge in [-0.2, -0.15) is 0 Å². The third-order valence-electron chi connectivity index (χ3n) is 3.22. The van der Waals surface area contributed by atoms with Crippen molar-refractivity contribution >= 4 is 30.8 Å². The van der Waals surface area contributed by atoms with Crippen molar-refractivity contribution in [3.05, 3.63) is 0 Å². The van der Waals surface area contributed by atoms with E-state index in [1.807, 2.05) is 0 Å². The molecule has 0 aliphatic carbocycles. The molecule has 1 heterocycles. The van der Waals surface area contributed by atoms with E-state index < -0.39 is 8.07 Å². The molecule has 0 aromatic carbocycles. The summed E-state index contributed by atoms with van der Waals surface area (Å²) in [6.45, 7) is 4.84. The fourth-order valence-corrected chi connectivity index (χ4v) is 18.0. The molecule has 0 bridgehead atoms. The first-order valence-electron chi connectivity index (χ1n) is 4.72. The van der Waals surface area contributed by atoms with Gasteiger partial charge >= 0.3 is 0 Å². The van der Waals surface area contributed by atoms with Gasteiger partial charge in [-0.05, 0) is 6.04 Å². The quantitative estimate of drug-likeness (QED) is 0.516. The maximum absolute atomic E-state index is 3.88. The van der Waals surface area contributed by atoms with Crippen molar-refractivity contribution in [2.24, 2.45) is 0 Å². The lowest BCUT2D eigenvalue weighted by atomic mass is 10.6. The minimum atomic E-state index is -0.695. The maximum Gasteiger partial charge on any atom is 0.132 e. The second kappa shape index (κ2) is 4.24. The minimum Gasteiger partial charge on any atom is -0.129 e. The zero-order valence-electron chi connectivity index (χ0n) is 7.62. The zero-order valence-corrected chi connectivity index (χ0v) is 11.2. The van der Waals surface area contributed by atoms with Crippen LogP contribution in [0.25, 0.3) is 0 Å². The van der Waals surface area contributed by atoms with Crippen molar-refractivity contribution in [3.8, 4) is 0 Å². The van der Waals surface area contributed by atoms with Gasteiger partial charge in [-0.25, -0.2) is 0 Å². The summed E-state index contributed by atoms with van der Waals surface area (Å²) in [7, 11) is -0.744. The summed E-state index contributed by atoms with van der Waals surface area (Å²) in [6, 6.07) is 6.21. The predicted molar refractivity (Wildman–Crippen MR) is 60.4 cm³/mol. The Morgan fingerprint density at radius 2 is 2.00 bits per heavy atom. The Bertz CT molecular complexity index is 123. The Morgan fingerprint density at radius 3 is 2.36 bits per heavy atom. The summed E-state index contributed by atoms with van der Waals surface area (Å²) in [6.07, 6.45) is 1.54. The maximum atomic E-state index is 3.88. The van der Waals surface area contributed by atoms with Crippen molar-refractivity contribution < 1.29 is 0 Å². The van der Waals surface area contributed by atoms with E-state index in [0.717, 1.165) is 0 Å². The van der Waals surface area contributed by atoms with Gasteiger partial charge in [0.25, 0.3) is 0 Å². The van der Waals surface area contributed by atoms with Gasteiger partial charge in [0, 0.05) is 0 Å². The third-order valence-corrected chi connectivity index (χ3v) is 16.8. The summed E-state index contributed by atoms with van der Waals surface area (Å²) in [5.41, 5.74) is 1.64. The smallest absolute Gasteiger partial charge is 0.129 e. The van der Waals surface area contributed by atoms with Crippen LogP contribution in [0.2, 0.25) is 29.8 Å². The molecule has 1 radical (unpaired) electrons. The van der Waals surface area contributed by atoms with Crippen molar-refractivity contribution in [1.82, 2.24) is 0 Å². The molecule has 0 atom stereocenters. The number of hydrogen-bond donors (Lipinski definition) is 0. The average molecular weight is 250 g/mol. The van der Waals surface area contributed by atoms with Gasteiger partial charge in [-0.1, -0.05) is 44.1 Å². The number of hydrogen-bond acceptors (Lipinski definition) is 0. The van der Waals surface area contributed by atoms with E-state index in [1.165, 1.54) is 24.6 Å². The topological polar surface area (TPSA) is 0 Å². The summed E-state index contributed by atoms with van der Waals surface area (Å²) in [4.78, 5) is 0. The van der Waals surface area contributed by atoms with E-state index in [-0.39, 0.29) is 7.42 Å². The SMILES string of the molecule is CC[Si]1(CC)CCC[Si](Br)C1. The van der Waals surface area contributed by atoms with E-state index in [1.54, 1.807) is 11.7 Å². The van der Waals surface area contributed by atoms with Crippen LogP contribution in [0.15, 0.2) is 0 Å². The number of halogens is 1. The normalized spacial score (nSPS) is 25.4. The van der Waals surface area contributed by atoms with Crippen molar-refractivity contribution in [2.75, 3.05) is 0 Å². The van der Waals surface area contributed by atoms with Gasteiger partial charge < -0.3 is 0 Å². The second-order valence-electron chi connectivity index (χ2n) is 3.75. The lowest BCUT2D eigenvalue weighted by Crippen LogP contribution is -2.39. The summed E-state index contributed by atoms with van der Waals surface area (Å²) in [5.74, 6) is 0. The third kappa shape index (κ3) is 2.42. The van der Waals surface area contributed by atoms with Crippen LogP contribution in [0.1, 0.15) is 20.3 Å². The average Bonchev–Trinajstić information content (AvgIpc) is 2.04. The Labute approximate surface area is 81.0 Å². The van der Waals surface area contributed by atoms with Crippen LogP contribution >= 0.6 is 15.3 Å². The van der Waals surface area contributed by atoms with E-state index in [4.69, 9.17) is 0 Å². The monoisotopic (exact) mass is 249 g/mol. The molecule has 0 saturated carbocycles. The highest BCUT2D eigenvalue weighted by Crippen LogP contribution is 2.36. The largest absolute Gasteiger partial charge is 0.132 e. The standard InChI is InChI=1S/C8H18BrSi2/c1-3-11(4-2)7-5-6-10(9)8-11/h3-8H2,1-2H3. The molecule has 0 nitrogen and oxygen atoms in total. The molecule has 0 aromatic heterocycles. The van der Waals surface area contributed by atoms with Gasteiger partial charge in [-0.15, -0.1) is 15.3 Å². The van der Waals surface area contributed by atoms with Crippen LogP contribution in [0, 0.1) is 0 Å². The lowest BCUT2D eigenvalue weighted by Gasteiger charge is -2.35. The van der Waals surface area contributed by atoms with Crippen LogP contribution in [0.5, 0.6) is 0 Å². The van der Waals surface area contributed by atoms with Gasteiger partial charge in [0.2, 0.25) is 0 Å². The summed E-state index contributed by atoms with van der Waals surface area (Å²) >= 11 is 3.88. The van der Waals surface area contributed by atoms with Crippen molar-refractivity contribution in [1.29, 1.82) is 0 Å². The Balaban J connectivity index is 2.52. The molecule has 11 heavy (non-hydrogen) atoms. The molecule has 1 aliphatic heterocycles. The Hall–Kier alpha value is 0.914. The zero-order chi connectivity index (χ0) is 8.32. The Kier molecular flexibility index (Phi) is 3.85. The highest BCUT2D eigenvalue weighted by atomic mass is 79.9. The highest BCUT2D eigenvalue weighted by Gasteiger charge is 2.34. The van der Waals surface area contributed by atoms with E-state index in [9.17, 15) is 0 Å². The molecule has 0 unspecified atom stereocenters. The van der Waals surface area contributed by atoms with Crippen LogP contribution in [0.4, 0.5) is 0 Å². The first kappa shape index (κ1) is 10.00. The van der Waals surface area contributed by atoms with Gasteiger partial charge in [0.1, 0.15) is 7.42 Å². The van der Waals surface area contributed by atoms with Crippen LogP contribution in [-0.2, 0) is 0 Å². The van der Waals surface area contributed by atoms with Gasteiger partial charge in [0.05, 0.1) is 8.07 Å². The van der Waals surface area contributed by atoms with Crippen LogP contribution in [0.3, 0.4) is 0 Å². The van der Waals surface area contributed by atoms with Crippen LogP contribution in [-0.4, -0.2) is 15.5 Å². The molecule has 0 aromatic rings. The molecule has 3 heteroatoms. The lowest BCUT2D eigenvalue weighted by molar-refractivity contribution is 0.971. The van der Waals surface area contributed by atoms with E-state index in [0.29, 0.717) is 0 Å². The fraction of sp³-hybridized carbons (Fsp3) is 1.00. The summed E-state index contributed by atoms with van der Waals surface area (Å²) in [5, 5.41) is 0. The second-order valence-corrected chi connectivity index (χ2v) is 15.0. The van der Waals surface area contributed by atoms with Crippen molar-refractivity contribution in [3.63, 3.8) is 0 Å². The Morgan fingerprint density at radius 1 is 1.36 bits per heavy atom. The molecule has 65 valence electrons. The highest BCUT2D eigenvalue weighted by molar-refractivity contribution is 9.24. The molecular weight excluding hydrogens is 232 g/mol. The van der Waals surface area contributed by atoms with Crippen LogP contribution < -0.4 is 0 Å². The fourth-order valence-electron chi connectivity index (χ4n) is 2.09. The van der Waals surface area contributed by atoms with E-state index in [2.05, 4.69) is 29.1 Å². The molecule has 1 saturated heterocycles. The predicted octanol–water partition coefficient (Wildman–Crippen LogP) is 3.80. The molecular formula is C8H18BrSi2. The molecule has 0 spiro atoms. The number of rotatable bonds is 2. The first-order chi connectivity index (χ1) is 5.22. The molecule has 0 N–H and O–H groups in total. The van der Waals surface area contributed by atoms with Crippen molar-refractivity contribution in [2.45, 2.75) is 50.1 Å². The molecule has 1 fully saturated rings. The van der Waals surface area contributed by atoms with Gasteiger partial charge in [0.15, 0.2) is 0 Å². The molecule has 0 amide bonds. The molecule has 1 aliphatic rings. The first-order valence-corrected chi connectivity index (χ1v) is 11.7. The minimum absolute atomic E-state index is 0.0488. The van der Waals surface area contributed by atoms with Gasteiger partial charge in [-0.3, -0.25) is 0 Å². The summed E-state index contributed by atoms with van der Waals surface area (Å²) < 4.78 is 0. The van der Waals surface area contributed by atoms with E-state index >= 15 is 0 Å². The molecule has 1 rings (SSSR count).